The van der Waals surface area contributed by atoms with Crippen molar-refractivity contribution >= 4 is 34.2 Å². The normalized spacial score (nSPS) is 13.4. The third kappa shape index (κ3) is 2.63. The summed E-state index contributed by atoms with van der Waals surface area (Å²) in [5, 5.41) is 0.547. The van der Waals surface area contributed by atoms with E-state index in [2.05, 4.69) is 28.5 Å². The van der Waals surface area contributed by atoms with Crippen LogP contribution in [0.25, 0.3) is 11.0 Å². The summed E-state index contributed by atoms with van der Waals surface area (Å²) < 4.78 is 2.15. The van der Waals surface area contributed by atoms with Crippen molar-refractivity contribution in [3.8, 4) is 0 Å². The fourth-order valence-electron chi connectivity index (χ4n) is 1.97. The van der Waals surface area contributed by atoms with Crippen molar-refractivity contribution in [2.45, 2.75) is 18.8 Å². The van der Waals surface area contributed by atoms with Crippen LogP contribution in [0, 0.1) is 0 Å². The summed E-state index contributed by atoms with van der Waals surface area (Å²) in [4.78, 5) is 6.71. The number of benzene rings is 1. The molecule has 0 aliphatic heterocycles. The van der Waals surface area contributed by atoms with E-state index in [0.29, 0.717) is 5.02 Å². The van der Waals surface area contributed by atoms with Crippen molar-refractivity contribution in [3.63, 3.8) is 0 Å². The molecule has 0 amide bonds. The van der Waals surface area contributed by atoms with Gasteiger partial charge in [-0.1, -0.05) is 17.7 Å². The highest BCUT2D eigenvalue weighted by molar-refractivity contribution is 6.35. The zero-order valence-electron chi connectivity index (χ0n) is 10.8. The number of aromatic nitrogens is 2. The molecule has 1 unspecified atom stereocenters. The SMILES string of the molecule is CC(Cl)c1nc2c(Cl)cccc2n1CCN(C)C. The Bertz CT molecular complexity index is 546. The molecule has 0 fully saturated rings. The van der Waals surface area contributed by atoms with Gasteiger partial charge in [0.1, 0.15) is 11.3 Å². The molecule has 5 heteroatoms. The minimum absolute atomic E-state index is 0.129. The number of rotatable bonds is 4. The average molecular weight is 286 g/mol. The van der Waals surface area contributed by atoms with Gasteiger partial charge in [-0.15, -0.1) is 11.6 Å². The van der Waals surface area contributed by atoms with Crippen LogP contribution in [0.5, 0.6) is 0 Å². The summed E-state index contributed by atoms with van der Waals surface area (Å²) in [5.74, 6) is 0.876. The lowest BCUT2D eigenvalue weighted by Crippen LogP contribution is -2.19. The predicted molar refractivity (Wildman–Crippen MR) is 77.6 cm³/mol. The topological polar surface area (TPSA) is 21.1 Å². The third-order valence-electron chi connectivity index (χ3n) is 2.89. The van der Waals surface area contributed by atoms with Crippen molar-refractivity contribution in [1.82, 2.24) is 14.5 Å². The van der Waals surface area contributed by atoms with Gasteiger partial charge < -0.3 is 9.47 Å². The Morgan fingerprint density at radius 1 is 1.39 bits per heavy atom. The molecule has 2 rings (SSSR count). The molecule has 1 aromatic heterocycles. The van der Waals surface area contributed by atoms with Crippen LogP contribution in [0.4, 0.5) is 0 Å². The number of halogens is 2. The molecule has 0 N–H and O–H groups in total. The van der Waals surface area contributed by atoms with Crippen LogP contribution >= 0.6 is 23.2 Å². The van der Waals surface area contributed by atoms with Crippen molar-refractivity contribution < 1.29 is 0 Å². The second-order valence-electron chi connectivity index (χ2n) is 4.65. The largest absolute Gasteiger partial charge is 0.325 e. The van der Waals surface area contributed by atoms with Crippen LogP contribution in [0.3, 0.4) is 0 Å². The number of alkyl halides is 1. The smallest absolute Gasteiger partial charge is 0.127 e. The number of nitrogens with zero attached hydrogens (tertiary/aromatic N) is 3. The van der Waals surface area contributed by atoms with E-state index in [1.165, 1.54) is 0 Å². The molecule has 0 spiro atoms. The van der Waals surface area contributed by atoms with Crippen molar-refractivity contribution in [2.75, 3.05) is 20.6 Å². The maximum atomic E-state index is 6.21. The Morgan fingerprint density at radius 3 is 2.72 bits per heavy atom. The molecule has 1 heterocycles. The number of hydrogen-bond donors (Lipinski definition) is 0. The molecule has 1 atom stereocenters. The monoisotopic (exact) mass is 285 g/mol. The summed E-state index contributed by atoms with van der Waals surface area (Å²) in [7, 11) is 4.10. The van der Waals surface area contributed by atoms with Crippen LogP contribution in [-0.4, -0.2) is 35.1 Å². The van der Waals surface area contributed by atoms with Crippen LogP contribution < -0.4 is 0 Å². The first kappa shape index (κ1) is 13.7. The average Bonchev–Trinajstić information content (AvgIpc) is 2.66. The Balaban J connectivity index is 2.52. The van der Waals surface area contributed by atoms with Crippen molar-refractivity contribution in [1.29, 1.82) is 0 Å². The van der Waals surface area contributed by atoms with Gasteiger partial charge in [0.2, 0.25) is 0 Å². The molecule has 0 radical (unpaired) electrons. The van der Waals surface area contributed by atoms with Crippen LogP contribution in [0.15, 0.2) is 18.2 Å². The van der Waals surface area contributed by atoms with E-state index in [-0.39, 0.29) is 5.38 Å². The lowest BCUT2D eigenvalue weighted by Gasteiger charge is -2.14. The van der Waals surface area contributed by atoms with E-state index in [4.69, 9.17) is 23.2 Å². The summed E-state index contributed by atoms with van der Waals surface area (Å²) in [6.45, 7) is 3.73. The van der Waals surface area contributed by atoms with Crippen LogP contribution in [0.2, 0.25) is 5.02 Å². The molecule has 0 aliphatic carbocycles. The number of imidazole rings is 1. The highest BCUT2D eigenvalue weighted by Gasteiger charge is 2.16. The first-order valence-electron chi connectivity index (χ1n) is 5.94. The highest BCUT2D eigenvalue weighted by atomic mass is 35.5. The Kier molecular flexibility index (Phi) is 4.15. The lowest BCUT2D eigenvalue weighted by molar-refractivity contribution is 0.383. The molecular weight excluding hydrogens is 269 g/mol. The van der Waals surface area contributed by atoms with Crippen LogP contribution in [0.1, 0.15) is 18.1 Å². The number of para-hydroxylation sites is 1. The number of fused-ring (bicyclic) bond motifs is 1. The van der Waals surface area contributed by atoms with Gasteiger partial charge in [-0.25, -0.2) is 4.98 Å². The zero-order chi connectivity index (χ0) is 13.3. The molecule has 3 nitrogen and oxygen atoms in total. The van der Waals surface area contributed by atoms with Crippen LogP contribution in [-0.2, 0) is 6.54 Å². The summed E-state index contributed by atoms with van der Waals surface area (Å²) in [5.41, 5.74) is 1.88. The predicted octanol–water partition coefficient (Wildman–Crippen LogP) is 3.55. The van der Waals surface area contributed by atoms with Gasteiger partial charge in [0, 0.05) is 13.1 Å². The molecule has 1 aromatic carbocycles. The lowest BCUT2D eigenvalue weighted by atomic mass is 10.3. The maximum Gasteiger partial charge on any atom is 0.127 e. The third-order valence-corrected chi connectivity index (χ3v) is 3.39. The van der Waals surface area contributed by atoms with Gasteiger partial charge in [-0.2, -0.15) is 0 Å². The second kappa shape index (κ2) is 5.47. The maximum absolute atomic E-state index is 6.21. The molecule has 0 saturated heterocycles. The number of hydrogen-bond acceptors (Lipinski definition) is 2. The molecule has 18 heavy (non-hydrogen) atoms. The van der Waals surface area contributed by atoms with Gasteiger partial charge >= 0.3 is 0 Å². The van der Waals surface area contributed by atoms with Gasteiger partial charge in [0.15, 0.2) is 0 Å². The van der Waals surface area contributed by atoms with Crippen molar-refractivity contribution in [2.24, 2.45) is 0 Å². The first-order chi connectivity index (χ1) is 8.50. The minimum atomic E-state index is -0.129. The van der Waals surface area contributed by atoms with Crippen molar-refractivity contribution in [3.05, 3.63) is 29.0 Å². The van der Waals surface area contributed by atoms with E-state index >= 15 is 0 Å². The summed E-state index contributed by atoms with van der Waals surface area (Å²) >= 11 is 12.4. The molecule has 0 bridgehead atoms. The zero-order valence-corrected chi connectivity index (χ0v) is 12.3. The number of likely N-dealkylation sites (N-methyl/N-ethyl adjacent to an activating group) is 1. The van der Waals surface area contributed by atoms with Gasteiger partial charge in [-0.3, -0.25) is 0 Å². The molecule has 2 aromatic rings. The standard InChI is InChI=1S/C13H17Cl2N3/c1-9(14)13-16-12-10(15)5-4-6-11(12)18(13)8-7-17(2)3/h4-6,9H,7-8H2,1-3H3. The molecular formula is C13H17Cl2N3. The molecule has 0 saturated carbocycles. The van der Waals surface area contributed by atoms with E-state index < -0.39 is 0 Å². The highest BCUT2D eigenvalue weighted by Crippen LogP contribution is 2.28. The fraction of sp³-hybridized carbons (Fsp3) is 0.462. The van der Waals surface area contributed by atoms with E-state index in [1.807, 2.05) is 25.1 Å². The first-order valence-corrected chi connectivity index (χ1v) is 6.75. The van der Waals surface area contributed by atoms with E-state index in [9.17, 15) is 0 Å². The summed E-state index contributed by atoms with van der Waals surface area (Å²) in [6, 6.07) is 5.84. The van der Waals surface area contributed by atoms with Gasteiger partial charge in [-0.05, 0) is 33.2 Å². The Hall–Kier alpha value is -0.770. The minimum Gasteiger partial charge on any atom is -0.325 e. The van der Waals surface area contributed by atoms with Gasteiger partial charge in [0.05, 0.1) is 15.9 Å². The fourth-order valence-corrected chi connectivity index (χ4v) is 2.35. The molecule has 0 aliphatic rings. The van der Waals surface area contributed by atoms with E-state index in [1.54, 1.807) is 0 Å². The summed E-state index contributed by atoms with van der Waals surface area (Å²) in [6.07, 6.45) is 0. The Labute approximate surface area is 117 Å². The van der Waals surface area contributed by atoms with E-state index in [0.717, 1.165) is 29.9 Å². The van der Waals surface area contributed by atoms with Gasteiger partial charge in [0.25, 0.3) is 0 Å². The second-order valence-corrected chi connectivity index (χ2v) is 5.71. The molecule has 98 valence electrons. The quantitative estimate of drug-likeness (QED) is 0.801. The Morgan fingerprint density at radius 2 is 2.11 bits per heavy atom.